The van der Waals surface area contributed by atoms with E-state index < -0.39 is 10.9 Å². The monoisotopic (exact) mass is 223 g/mol. The van der Waals surface area contributed by atoms with Gasteiger partial charge in [-0.1, -0.05) is 5.10 Å². The zero-order chi connectivity index (χ0) is 11.7. The van der Waals surface area contributed by atoms with E-state index in [4.69, 9.17) is 5.11 Å². The van der Waals surface area contributed by atoms with E-state index in [-0.39, 0.29) is 22.8 Å². The predicted molar refractivity (Wildman–Crippen MR) is 49.8 cm³/mol. The molecule has 0 bridgehead atoms. The molecular formula is C7H5N5O4. The van der Waals surface area contributed by atoms with Crippen molar-refractivity contribution in [2.75, 3.05) is 0 Å². The molecule has 0 unspecified atom stereocenters. The molecule has 2 aromatic heterocycles. The van der Waals surface area contributed by atoms with Gasteiger partial charge in [0.25, 0.3) is 0 Å². The molecule has 0 saturated heterocycles. The first-order valence-electron chi connectivity index (χ1n) is 4.06. The molecule has 0 aromatic carbocycles. The zero-order valence-electron chi connectivity index (χ0n) is 7.67. The van der Waals surface area contributed by atoms with Crippen LogP contribution in [0.2, 0.25) is 0 Å². The Balaban J connectivity index is 2.46. The van der Waals surface area contributed by atoms with Gasteiger partial charge >= 0.3 is 11.8 Å². The largest absolute Gasteiger partial charge is 0.477 e. The Kier molecular flexibility index (Phi) is 2.12. The summed E-state index contributed by atoms with van der Waals surface area (Å²) in [6.45, 7) is 0. The number of rotatable bonds is 3. The molecule has 9 nitrogen and oxygen atoms in total. The number of nitrogens with one attached hydrogen (secondary N) is 2. The highest BCUT2D eigenvalue weighted by Crippen LogP contribution is 2.25. The van der Waals surface area contributed by atoms with Crippen LogP contribution in [0.4, 0.5) is 5.82 Å². The molecule has 16 heavy (non-hydrogen) atoms. The average Bonchev–Trinajstić information content (AvgIpc) is 2.86. The number of H-pyrrole nitrogens is 2. The van der Waals surface area contributed by atoms with Crippen molar-refractivity contribution in [3.8, 4) is 11.3 Å². The summed E-state index contributed by atoms with van der Waals surface area (Å²) in [6, 6.07) is 1.19. The van der Waals surface area contributed by atoms with Crippen LogP contribution in [0.5, 0.6) is 0 Å². The number of carbonyl (C=O) groups is 1. The predicted octanol–water partition coefficient (Wildman–Crippen LogP) is 0.406. The van der Waals surface area contributed by atoms with E-state index in [9.17, 15) is 14.9 Å². The van der Waals surface area contributed by atoms with E-state index in [1.165, 1.54) is 12.3 Å². The fourth-order valence-corrected chi connectivity index (χ4v) is 1.18. The lowest BCUT2D eigenvalue weighted by molar-refractivity contribution is -0.388. The maximum Gasteiger partial charge on any atom is 0.353 e. The molecule has 0 aliphatic heterocycles. The summed E-state index contributed by atoms with van der Waals surface area (Å²) >= 11 is 0. The zero-order valence-corrected chi connectivity index (χ0v) is 7.67. The molecule has 9 heteroatoms. The lowest BCUT2D eigenvalue weighted by Crippen LogP contribution is -1.95. The topological polar surface area (TPSA) is 138 Å². The van der Waals surface area contributed by atoms with Crippen molar-refractivity contribution in [1.82, 2.24) is 20.4 Å². The second kappa shape index (κ2) is 3.46. The molecule has 0 amide bonds. The lowest BCUT2D eigenvalue weighted by atomic mass is 10.2. The van der Waals surface area contributed by atoms with Crippen molar-refractivity contribution in [3.63, 3.8) is 0 Å². The Bertz CT molecular complexity index is 557. The molecule has 0 saturated carbocycles. The minimum atomic E-state index is -1.19. The number of carboxylic acid groups (broad SMARTS) is 1. The molecule has 82 valence electrons. The molecule has 3 N–H and O–H groups in total. The number of hydrogen-bond donors (Lipinski definition) is 3. The quantitative estimate of drug-likeness (QED) is 0.508. The molecule has 0 radical (unpaired) electrons. The summed E-state index contributed by atoms with van der Waals surface area (Å²) in [7, 11) is 0. The normalized spacial score (nSPS) is 10.2. The second-order valence-corrected chi connectivity index (χ2v) is 2.86. The Hall–Kier alpha value is -2.71. The van der Waals surface area contributed by atoms with Crippen LogP contribution in [0.1, 0.15) is 10.5 Å². The van der Waals surface area contributed by atoms with Gasteiger partial charge in [0, 0.05) is 0 Å². The van der Waals surface area contributed by atoms with E-state index in [1.807, 2.05) is 0 Å². The number of aromatic carboxylic acids is 1. The average molecular weight is 223 g/mol. The van der Waals surface area contributed by atoms with E-state index in [0.717, 1.165) is 0 Å². The molecule has 0 atom stereocenters. The second-order valence-electron chi connectivity index (χ2n) is 2.86. The first kappa shape index (κ1) is 9.83. The minimum absolute atomic E-state index is 0.133. The van der Waals surface area contributed by atoms with Gasteiger partial charge in [0.1, 0.15) is 17.0 Å². The summed E-state index contributed by atoms with van der Waals surface area (Å²) in [5, 5.41) is 30.8. The number of aromatic amines is 2. The molecule has 0 aliphatic carbocycles. The SMILES string of the molecule is O=C(O)c1cc(-c2cn[nH]c2[N+](=O)[O-])n[nH]1. The smallest absolute Gasteiger partial charge is 0.353 e. The lowest BCUT2D eigenvalue weighted by Gasteiger charge is -1.91. The van der Waals surface area contributed by atoms with Gasteiger partial charge in [0.05, 0.1) is 6.20 Å². The standard InChI is InChI=1S/C7H5N5O4/c13-7(14)5-1-4(9-10-5)3-2-8-11-6(3)12(15)16/h1-2H,(H,8,11)(H,9,10)(H,13,14). The number of aromatic nitrogens is 4. The highest BCUT2D eigenvalue weighted by atomic mass is 16.6. The van der Waals surface area contributed by atoms with Crippen LogP contribution >= 0.6 is 0 Å². The summed E-state index contributed by atoms with van der Waals surface area (Å²) in [5.74, 6) is -1.52. The Morgan fingerprint density at radius 3 is 2.81 bits per heavy atom. The fraction of sp³-hybridized carbons (Fsp3) is 0. The van der Waals surface area contributed by atoms with Crippen molar-refractivity contribution in [1.29, 1.82) is 0 Å². The number of hydrogen-bond acceptors (Lipinski definition) is 5. The van der Waals surface area contributed by atoms with Crippen molar-refractivity contribution in [3.05, 3.63) is 28.1 Å². The number of carboxylic acids is 1. The maximum absolute atomic E-state index is 10.6. The van der Waals surface area contributed by atoms with Gasteiger partial charge < -0.3 is 15.2 Å². The van der Waals surface area contributed by atoms with Crippen molar-refractivity contribution in [2.45, 2.75) is 0 Å². The van der Waals surface area contributed by atoms with Crippen LogP contribution in [0.3, 0.4) is 0 Å². The van der Waals surface area contributed by atoms with E-state index >= 15 is 0 Å². The van der Waals surface area contributed by atoms with Crippen LogP contribution in [0.25, 0.3) is 11.3 Å². The van der Waals surface area contributed by atoms with E-state index in [2.05, 4.69) is 20.4 Å². The first-order chi connectivity index (χ1) is 7.59. The van der Waals surface area contributed by atoms with Crippen molar-refractivity contribution in [2.24, 2.45) is 0 Å². The number of nitro groups is 1. The summed E-state index contributed by atoms with van der Waals surface area (Å²) in [6.07, 6.45) is 1.21. The van der Waals surface area contributed by atoms with Crippen molar-refractivity contribution < 1.29 is 14.8 Å². The number of nitrogens with zero attached hydrogens (tertiary/aromatic N) is 3. The van der Waals surface area contributed by atoms with Gasteiger partial charge in [-0.05, 0) is 11.0 Å². The molecule has 0 spiro atoms. The summed E-state index contributed by atoms with van der Waals surface area (Å²) < 4.78 is 0. The Morgan fingerprint density at radius 2 is 2.25 bits per heavy atom. The Labute approximate surface area is 87.3 Å². The highest BCUT2D eigenvalue weighted by Gasteiger charge is 2.20. The van der Waals surface area contributed by atoms with Crippen LogP contribution in [-0.2, 0) is 0 Å². The Morgan fingerprint density at radius 1 is 1.50 bits per heavy atom. The van der Waals surface area contributed by atoms with Gasteiger partial charge in [-0.3, -0.25) is 5.10 Å². The van der Waals surface area contributed by atoms with Crippen LogP contribution in [0, 0.1) is 10.1 Å². The minimum Gasteiger partial charge on any atom is -0.477 e. The van der Waals surface area contributed by atoms with Gasteiger partial charge in [-0.15, -0.1) is 5.10 Å². The molecule has 0 fully saturated rings. The van der Waals surface area contributed by atoms with Gasteiger partial charge in [-0.25, -0.2) is 4.79 Å². The van der Waals surface area contributed by atoms with Gasteiger partial charge in [0.2, 0.25) is 0 Å². The third kappa shape index (κ3) is 1.49. The molecular weight excluding hydrogens is 218 g/mol. The molecule has 2 aromatic rings. The summed E-state index contributed by atoms with van der Waals surface area (Å²) in [4.78, 5) is 20.5. The summed E-state index contributed by atoms with van der Waals surface area (Å²) in [5.41, 5.74) is 0.136. The van der Waals surface area contributed by atoms with Gasteiger partial charge in [0.15, 0.2) is 0 Å². The van der Waals surface area contributed by atoms with Crippen molar-refractivity contribution >= 4 is 11.8 Å². The molecule has 2 heterocycles. The van der Waals surface area contributed by atoms with Crippen LogP contribution in [0.15, 0.2) is 12.3 Å². The third-order valence-corrected chi connectivity index (χ3v) is 1.89. The van der Waals surface area contributed by atoms with E-state index in [1.54, 1.807) is 0 Å². The maximum atomic E-state index is 10.6. The first-order valence-corrected chi connectivity index (χ1v) is 4.06. The fourth-order valence-electron chi connectivity index (χ4n) is 1.18. The highest BCUT2D eigenvalue weighted by molar-refractivity contribution is 5.87. The molecule has 0 aliphatic rings. The third-order valence-electron chi connectivity index (χ3n) is 1.89. The molecule has 2 rings (SSSR count). The van der Waals surface area contributed by atoms with Crippen LogP contribution < -0.4 is 0 Å². The van der Waals surface area contributed by atoms with Crippen LogP contribution in [-0.4, -0.2) is 36.4 Å². The van der Waals surface area contributed by atoms with Gasteiger partial charge in [-0.2, -0.15) is 5.10 Å². The van der Waals surface area contributed by atoms with E-state index in [0.29, 0.717) is 0 Å².